The number of anilines is 1. The van der Waals surface area contributed by atoms with Crippen molar-refractivity contribution >= 4 is 39.1 Å². The topological polar surface area (TPSA) is 135 Å². The summed E-state index contributed by atoms with van der Waals surface area (Å²) in [6, 6.07) is 11.1. The lowest BCUT2D eigenvalue weighted by Crippen LogP contribution is -2.69. The molecule has 4 atom stereocenters. The molecule has 57 heavy (non-hydrogen) atoms. The van der Waals surface area contributed by atoms with Crippen LogP contribution in [0.2, 0.25) is 5.02 Å². The number of ether oxygens (including phenoxy) is 3. The summed E-state index contributed by atoms with van der Waals surface area (Å²) in [6.07, 6.45) is 0.525. The van der Waals surface area contributed by atoms with Crippen molar-refractivity contribution in [3.63, 3.8) is 0 Å². The van der Waals surface area contributed by atoms with Crippen LogP contribution >= 0.6 is 11.6 Å². The number of hydrogen-bond donors (Lipinski definition) is 2. The van der Waals surface area contributed by atoms with Gasteiger partial charge >= 0.3 is 12.3 Å². The fourth-order valence-corrected chi connectivity index (χ4v) is 10.7. The number of quaternary nitrogens is 1. The highest BCUT2D eigenvalue weighted by molar-refractivity contribution is 7.93. The van der Waals surface area contributed by atoms with Crippen LogP contribution in [0.25, 0.3) is 0 Å². The van der Waals surface area contributed by atoms with Gasteiger partial charge in [-0.25, -0.2) is 8.42 Å². The number of nitrogens with zero attached hydrogens (tertiary/aromatic N) is 3. The number of fused-ring (bicyclic) bond motifs is 1. The number of likely N-dealkylation sites (N-methyl/N-ethyl adjacent to an activating group) is 2. The average molecular weight is 838 g/mol. The number of nitrogens with one attached hydrogen (secondary N) is 1. The number of carbonyl (C=O) groups excluding carboxylic acids is 2. The molecule has 12 nitrogen and oxygen atoms in total. The van der Waals surface area contributed by atoms with Crippen LogP contribution in [0.5, 0.6) is 17.2 Å². The number of likely N-dealkylation sites (tertiary alicyclic amines) is 2. The van der Waals surface area contributed by atoms with Crippen LogP contribution in [-0.4, -0.2) is 108 Å². The van der Waals surface area contributed by atoms with Gasteiger partial charge in [0.2, 0.25) is 5.54 Å². The molecule has 2 saturated heterocycles. The molecule has 0 saturated carbocycles. The Morgan fingerprint density at radius 3 is 2.39 bits per heavy atom. The maximum atomic E-state index is 15.8. The number of sulfonamides is 1. The van der Waals surface area contributed by atoms with Crippen molar-refractivity contribution in [3.05, 3.63) is 76.3 Å². The molecule has 3 aliphatic heterocycles. The Hall–Kier alpha value is -4.09. The van der Waals surface area contributed by atoms with Crippen LogP contribution in [0.3, 0.4) is 0 Å². The first-order chi connectivity index (χ1) is 27.0. The normalized spacial score (nSPS) is 24.0. The van der Waals surface area contributed by atoms with Gasteiger partial charge in [-0.3, -0.25) is 14.1 Å². The second kappa shape index (κ2) is 16.6. The number of alkyl halides is 3. The molecule has 3 aliphatic rings. The van der Waals surface area contributed by atoms with E-state index in [1.165, 1.54) is 58.7 Å². The molecule has 310 valence electrons. The minimum Gasteiger partial charge on any atom is -0.497 e. The molecular weight excluding hydrogens is 789 g/mol. The molecule has 2 unspecified atom stereocenters. The van der Waals surface area contributed by atoms with E-state index in [4.69, 9.17) is 21.1 Å². The van der Waals surface area contributed by atoms with E-state index in [0.29, 0.717) is 10.7 Å². The van der Waals surface area contributed by atoms with Crippen LogP contribution in [0, 0.1) is 0 Å². The molecule has 2 amide bonds. The maximum Gasteiger partial charge on any atom is 0.573 e. The molecule has 3 aromatic rings. The summed E-state index contributed by atoms with van der Waals surface area (Å²) in [5, 5.41) is 14.0. The molecule has 0 bridgehead atoms. The summed E-state index contributed by atoms with van der Waals surface area (Å²) >= 11 is 6.65. The lowest BCUT2D eigenvalue weighted by molar-refractivity contribution is -0.953. The van der Waals surface area contributed by atoms with Gasteiger partial charge in [-0.2, -0.15) is 4.31 Å². The van der Waals surface area contributed by atoms with E-state index in [2.05, 4.69) is 15.0 Å². The predicted molar refractivity (Wildman–Crippen MR) is 207 cm³/mol. The first-order valence-corrected chi connectivity index (χ1v) is 20.8. The number of piperidine rings is 1. The Morgan fingerprint density at radius 2 is 1.72 bits per heavy atom. The molecule has 0 aromatic heterocycles. The molecule has 2 fully saturated rings. The molecular formula is C40H49ClF3N4O8S+. The highest BCUT2D eigenvalue weighted by Gasteiger charge is 2.72. The van der Waals surface area contributed by atoms with Gasteiger partial charge in [-0.1, -0.05) is 30.5 Å². The summed E-state index contributed by atoms with van der Waals surface area (Å²) in [5.74, 6) is -2.71. The number of unbranched alkanes of at least 4 members (excludes halogenated alkanes) is 2. The number of halogens is 4. The zero-order valence-corrected chi connectivity index (χ0v) is 34.0. The first-order valence-electron chi connectivity index (χ1n) is 19.0. The molecule has 0 spiro atoms. The van der Waals surface area contributed by atoms with Gasteiger partial charge in [0.25, 0.3) is 15.9 Å². The average Bonchev–Trinajstić information content (AvgIpc) is 3.63. The van der Waals surface area contributed by atoms with Crippen molar-refractivity contribution in [3.8, 4) is 17.2 Å². The van der Waals surface area contributed by atoms with Gasteiger partial charge in [-0.15, -0.1) is 13.2 Å². The third-order valence-corrected chi connectivity index (χ3v) is 13.6. The summed E-state index contributed by atoms with van der Waals surface area (Å²) in [5.41, 5.74) is -1.30. The molecule has 17 heteroatoms. The highest BCUT2D eigenvalue weighted by Crippen LogP contribution is 2.58. The minimum absolute atomic E-state index is 0.0536. The van der Waals surface area contributed by atoms with Crippen LogP contribution in [-0.2, 0) is 31.6 Å². The van der Waals surface area contributed by atoms with Gasteiger partial charge in [0, 0.05) is 24.6 Å². The fraction of sp³-hybridized carbons (Fsp3) is 0.500. The van der Waals surface area contributed by atoms with Crippen LogP contribution < -0.4 is 23.8 Å². The number of carbonyl (C=O) groups is 2. The molecule has 3 heterocycles. The number of aryl methyl sites for hydroxylation is 1. The standard InChI is InChI=1S/C40H48ClF3N4O8S/c1-45-37(50)33-23-28(49)25-48(33,2)39(31-21-26(12-16-34(31)55-4)11-7-5-8-18-46-19-9-6-10-20-46)30-22-27(41)13-15-32(30)47(38(39)51)57(52,53)36-17-14-29(54-3)24-35(36)56-40(42,43)44/h12-17,21-22,24,28,33,49H,5-11,18-20,23,25H2,1-4H3/p+1/t28-,33+,39?,48?/m1/s1. The third kappa shape index (κ3) is 7.90. The number of aliphatic hydroxyl groups is 1. The fourth-order valence-electron chi connectivity index (χ4n) is 9.00. The third-order valence-electron chi connectivity index (χ3n) is 11.6. The Labute approximate surface area is 336 Å². The predicted octanol–water partition coefficient (Wildman–Crippen LogP) is 5.76. The molecule has 6 rings (SSSR count). The van der Waals surface area contributed by atoms with Gasteiger partial charge in [-0.05, 0) is 99.8 Å². The van der Waals surface area contributed by atoms with E-state index in [9.17, 15) is 31.5 Å². The van der Waals surface area contributed by atoms with E-state index in [0.717, 1.165) is 62.7 Å². The van der Waals surface area contributed by atoms with E-state index < -0.39 is 61.0 Å². The highest BCUT2D eigenvalue weighted by atomic mass is 35.5. The van der Waals surface area contributed by atoms with Crippen molar-refractivity contribution in [2.45, 2.75) is 80.3 Å². The zero-order valence-electron chi connectivity index (χ0n) is 32.4. The minimum atomic E-state index is -5.31. The Bertz CT molecular complexity index is 2100. The second-order valence-corrected chi connectivity index (χ2v) is 17.2. The SMILES string of the molecule is CNC(=O)[C@@H]1C[C@@H](O)C[N+]1(C)C1(c2cc(CCCCCN3CCCCC3)ccc2OC)C(=O)N(S(=O)(=O)c2ccc(OC)cc2OC(F)(F)F)c2ccc(Cl)cc21. The number of aliphatic hydroxyl groups excluding tert-OH is 1. The van der Waals surface area contributed by atoms with Crippen LogP contribution in [0.4, 0.5) is 18.9 Å². The van der Waals surface area contributed by atoms with Gasteiger partial charge in [0.1, 0.15) is 29.0 Å². The van der Waals surface area contributed by atoms with Gasteiger partial charge in [0.15, 0.2) is 11.8 Å². The molecule has 3 aromatic carbocycles. The zero-order chi connectivity index (χ0) is 41.3. The lowest BCUT2D eigenvalue weighted by Gasteiger charge is -2.48. The van der Waals surface area contributed by atoms with Crippen LogP contribution in [0.1, 0.15) is 61.6 Å². The Kier molecular flexibility index (Phi) is 12.4. The second-order valence-electron chi connectivity index (χ2n) is 15.0. The summed E-state index contributed by atoms with van der Waals surface area (Å²) in [7, 11) is 0.340. The number of hydrogen-bond acceptors (Lipinski definition) is 9. The van der Waals surface area contributed by atoms with E-state index in [-0.39, 0.29) is 46.3 Å². The lowest BCUT2D eigenvalue weighted by atomic mass is 9.78. The first kappa shape index (κ1) is 42.5. The van der Waals surface area contributed by atoms with E-state index in [1.807, 2.05) is 6.07 Å². The van der Waals surface area contributed by atoms with Crippen LogP contribution in [0.15, 0.2) is 59.5 Å². The van der Waals surface area contributed by atoms with E-state index >= 15 is 4.79 Å². The summed E-state index contributed by atoms with van der Waals surface area (Å²) in [6.45, 7) is 3.02. The monoisotopic (exact) mass is 837 g/mol. The van der Waals surface area contributed by atoms with Crippen molar-refractivity contribution in [1.29, 1.82) is 0 Å². The molecule has 0 aliphatic carbocycles. The number of amides is 2. The van der Waals surface area contributed by atoms with Crippen molar-refractivity contribution < 1.29 is 55.0 Å². The summed E-state index contributed by atoms with van der Waals surface area (Å²) < 4.78 is 86.3. The molecule has 0 radical (unpaired) electrons. The largest absolute Gasteiger partial charge is 0.573 e. The Balaban J connectivity index is 1.55. The Morgan fingerprint density at radius 1 is 0.982 bits per heavy atom. The maximum absolute atomic E-state index is 15.8. The van der Waals surface area contributed by atoms with Crippen molar-refractivity contribution in [2.75, 3.05) is 58.8 Å². The van der Waals surface area contributed by atoms with Gasteiger partial charge < -0.3 is 29.5 Å². The number of rotatable bonds is 14. The van der Waals surface area contributed by atoms with Crippen molar-refractivity contribution in [2.24, 2.45) is 0 Å². The number of methoxy groups -OCH3 is 2. The molecule has 2 N–H and O–H groups in total. The smallest absolute Gasteiger partial charge is 0.497 e. The van der Waals surface area contributed by atoms with Crippen molar-refractivity contribution in [1.82, 2.24) is 10.2 Å². The number of benzene rings is 3. The van der Waals surface area contributed by atoms with E-state index in [1.54, 1.807) is 19.2 Å². The van der Waals surface area contributed by atoms with Gasteiger partial charge in [0.05, 0.1) is 38.1 Å². The quantitative estimate of drug-likeness (QED) is 0.154. The summed E-state index contributed by atoms with van der Waals surface area (Å²) in [4.78, 5) is 31.1.